The summed E-state index contributed by atoms with van der Waals surface area (Å²) in [6.45, 7) is 4.81. The topological polar surface area (TPSA) is 99.4 Å². The second-order valence-corrected chi connectivity index (χ2v) is 8.63. The van der Waals surface area contributed by atoms with Crippen molar-refractivity contribution in [3.8, 4) is 11.3 Å². The van der Waals surface area contributed by atoms with E-state index in [1.807, 2.05) is 22.9 Å². The third-order valence-corrected chi connectivity index (χ3v) is 6.20. The summed E-state index contributed by atoms with van der Waals surface area (Å²) in [5.41, 5.74) is 2.39. The Balaban J connectivity index is 1.90. The molecule has 2 aromatic heterocycles. The SMILES string of the molecule is CCCCCc1nc(C(CCCC)(OC)OC)nn1Cc1ccc(-c2ccccc2C(=O)O)nc1. The van der Waals surface area contributed by atoms with Crippen molar-refractivity contribution in [3.63, 3.8) is 0 Å². The number of benzene rings is 1. The summed E-state index contributed by atoms with van der Waals surface area (Å²) >= 11 is 0. The fraction of sp³-hybridized carbons (Fsp3) is 0.481. The predicted molar refractivity (Wildman–Crippen MR) is 134 cm³/mol. The molecule has 2 heterocycles. The van der Waals surface area contributed by atoms with Crippen molar-refractivity contribution < 1.29 is 19.4 Å². The zero-order chi connectivity index (χ0) is 25.3. The van der Waals surface area contributed by atoms with Gasteiger partial charge in [0.2, 0.25) is 11.6 Å². The Labute approximate surface area is 207 Å². The molecule has 0 fully saturated rings. The number of carboxylic acid groups (broad SMARTS) is 1. The number of ether oxygens (including phenoxy) is 2. The minimum Gasteiger partial charge on any atom is -0.478 e. The predicted octanol–water partition coefficient (Wildman–Crippen LogP) is 5.46. The van der Waals surface area contributed by atoms with Crippen LogP contribution in [0.4, 0.5) is 0 Å². The van der Waals surface area contributed by atoms with Crippen LogP contribution in [-0.4, -0.2) is 45.0 Å². The highest BCUT2D eigenvalue weighted by atomic mass is 16.7. The van der Waals surface area contributed by atoms with Gasteiger partial charge in [-0.1, -0.05) is 57.4 Å². The van der Waals surface area contributed by atoms with Gasteiger partial charge in [0.1, 0.15) is 5.82 Å². The Morgan fingerprint density at radius 2 is 1.77 bits per heavy atom. The number of unbranched alkanes of at least 4 members (excludes halogenated alkanes) is 3. The normalized spacial score (nSPS) is 11.7. The number of methoxy groups -OCH3 is 2. The van der Waals surface area contributed by atoms with Gasteiger partial charge in [0, 0.05) is 38.8 Å². The Kier molecular flexibility index (Phi) is 9.51. The van der Waals surface area contributed by atoms with Gasteiger partial charge in [0.05, 0.1) is 17.8 Å². The number of carbonyl (C=O) groups is 1. The molecule has 0 aliphatic carbocycles. The lowest BCUT2D eigenvalue weighted by Crippen LogP contribution is -2.32. The van der Waals surface area contributed by atoms with Gasteiger partial charge < -0.3 is 14.6 Å². The summed E-state index contributed by atoms with van der Waals surface area (Å²) in [6, 6.07) is 10.7. The van der Waals surface area contributed by atoms with Gasteiger partial charge in [0.25, 0.3) is 0 Å². The molecule has 0 spiro atoms. The fourth-order valence-corrected chi connectivity index (χ4v) is 4.12. The van der Waals surface area contributed by atoms with Gasteiger partial charge in [0.15, 0.2) is 0 Å². The number of aromatic carboxylic acids is 1. The van der Waals surface area contributed by atoms with E-state index < -0.39 is 11.8 Å². The van der Waals surface area contributed by atoms with Gasteiger partial charge in [-0.25, -0.2) is 14.5 Å². The van der Waals surface area contributed by atoms with E-state index in [4.69, 9.17) is 19.6 Å². The molecule has 3 aromatic rings. The number of rotatable bonds is 14. The van der Waals surface area contributed by atoms with Gasteiger partial charge in [-0.2, -0.15) is 0 Å². The first-order valence-corrected chi connectivity index (χ1v) is 12.3. The molecule has 0 atom stereocenters. The van der Waals surface area contributed by atoms with E-state index in [0.29, 0.717) is 30.0 Å². The fourth-order valence-electron chi connectivity index (χ4n) is 4.12. The molecule has 1 N–H and O–H groups in total. The second kappa shape index (κ2) is 12.6. The first-order valence-electron chi connectivity index (χ1n) is 12.3. The summed E-state index contributed by atoms with van der Waals surface area (Å²) in [4.78, 5) is 21.0. The lowest BCUT2D eigenvalue weighted by atomic mass is 10.0. The third-order valence-electron chi connectivity index (χ3n) is 6.20. The summed E-state index contributed by atoms with van der Waals surface area (Å²) in [6.07, 6.45) is 8.48. The van der Waals surface area contributed by atoms with Crippen LogP contribution >= 0.6 is 0 Å². The minimum atomic E-state index is -0.971. The molecule has 8 nitrogen and oxygen atoms in total. The van der Waals surface area contributed by atoms with E-state index in [-0.39, 0.29) is 5.56 Å². The van der Waals surface area contributed by atoms with Crippen LogP contribution in [0.5, 0.6) is 0 Å². The molecule has 35 heavy (non-hydrogen) atoms. The molecular weight excluding hydrogens is 444 g/mol. The molecule has 188 valence electrons. The van der Waals surface area contributed by atoms with Crippen LogP contribution in [0.1, 0.15) is 79.9 Å². The van der Waals surface area contributed by atoms with Gasteiger partial charge in [-0.05, 0) is 30.5 Å². The van der Waals surface area contributed by atoms with Crippen LogP contribution < -0.4 is 0 Å². The molecule has 0 unspecified atom stereocenters. The van der Waals surface area contributed by atoms with Crippen molar-refractivity contribution in [1.82, 2.24) is 19.7 Å². The monoisotopic (exact) mass is 480 g/mol. The maximum Gasteiger partial charge on any atom is 0.336 e. The summed E-state index contributed by atoms with van der Waals surface area (Å²) in [5, 5.41) is 14.3. The second-order valence-electron chi connectivity index (χ2n) is 8.63. The standard InChI is InChI=1S/C27H36N4O4/c1-5-7-9-14-24-29-26(27(34-3,35-4)17-8-6-2)30-31(24)19-20-15-16-23(28-18-20)21-12-10-11-13-22(21)25(32)33/h10-13,15-16,18H,5-9,14,17,19H2,1-4H3,(H,32,33). The molecule has 0 saturated heterocycles. The van der Waals surface area contributed by atoms with Crippen molar-refractivity contribution in [2.75, 3.05) is 14.2 Å². The van der Waals surface area contributed by atoms with Crippen molar-refractivity contribution in [2.45, 2.75) is 71.1 Å². The van der Waals surface area contributed by atoms with Crippen LogP contribution in [-0.2, 0) is 28.2 Å². The Morgan fingerprint density at radius 3 is 2.40 bits per heavy atom. The third kappa shape index (κ3) is 6.32. The van der Waals surface area contributed by atoms with Crippen LogP contribution in [0.3, 0.4) is 0 Å². The van der Waals surface area contributed by atoms with E-state index in [1.165, 1.54) is 0 Å². The molecule has 0 amide bonds. The summed E-state index contributed by atoms with van der Waals surface area (Å²) in [5.74, 6) is -0.504. The van der Waals surface area contributed by atoms with Crippen LogP contribution in [0.25, 0.3) is 11.3 Å². The molecule has 1 aromatic carbocycles. The van der Waals surface area contributed by atoms with E-state index >= 15 is 0 Å². The van der Waals surface area contributed by atoms with Gasteiger partial charge in [-0.15, -0.1) is 5.10 Å². The molecule has 0 aliphatic rings. The van der Waals surface area contributed by atoms with E-state index in [0.717, 1.165) is 49.9 Å². The summed E-state index contributed by atoms with van der Waals surface area (Å²) in [7, 11) is 3.27. The van der Waals surface area contributed by atoms with Crippen molar-refractivity contribution in [1.29, 1.82) is 0 Å². The maximum atomic E-state index is 11.6. The highest BCUT2D eigenvalue weighted by Crippen LogP contribution is 2.30. The van der Waals surface area contributed by atoms with Crippen molar-refractivity contribution in [3.05, 3.63) is 65.4 Å². The minimum absolute atomic E-state index is 0.231. The van der Waals surface area contributed by atoms with Gasteiger partial charge >= 0.3 is 5.97 Å². The number of aromatic nitrogens is 4. The number of pyridine rings is 1. The van der Waals surface area contributed by atoms with Crippen LogP contribution in [0.2, 0.25) is 0 Å². The largest absolute Gasteiger partial charge is 0.478 e. The molecule has 0 bridgehead atoms. The Morgan fingerprint density at radius 1 is 1.03 bits per heavy atom. The van der Waals surface area contributed by atoms with Crippen molar-refractivity contribution in [2.24, 2.45) is 0 Å². The van der Waals surface area contributed by atoms with Crippen LogP contribution in [0.15, 0.2) is 42.6 Å². The smallest absolute Gasteiger partial charge is 0.336 e. The number of hydrogen-bond donors (Lipinski definition) is 1. The van der Waals surface area contributed by atoms with E-state index in [1.54, 1.807) is 38.6 Å². The quantitative estimate of drug-likeness (QED) is 0.242. The molecule has 3 rings (SSSR count). The Hall–Kier alpha value is -3.10. The molecule has 0 saturated carbocycles. The molecule has 0 radical (unpaired) electrons. The Bertz CT molecular complexity index is 1090. The van der Waals surface area contributed by atoms with Gasteiger partial charge in [-0.3, -0.25) is 4.98 Å². The molecular formula is C27H36N4O4. The first-order chi connectivity index (χ1) is 17.0. The maximum absolute atomic E-state index is 11.6. The highest BCUT2D eigenvalue weighted by molar-refractivity contribution is 5.95. The van der Waals surface area contributed by atoms with E-state index in [9.17, 15) is 9.90 Å². The van der Waals surface area contributed by atoms with E-state index in [2.05, 4.69) is 18.8 Å². The highest BCUT2D eigenvalue weighted by Gasteiger charge is 2.37. The number of carboxylic acids is 1. The zero-order valence-corrected chi connectivity index (χ0v) is 21.2. The lowest BCUT2D eigenvalue weighted by molar-refractivity contribution is -0.226. The average Bonchev–Trinajstić information content (AvgIpc) is 3.28. The number of hydrogen-bond acceptors (Lipinski definition) is 6. The average molecular weight is 481 g/mol. The molecule has 8 heteroatoms. The zero-order valence-electron chi connectivity index (χ0n) is 21.2. The first kappa shape index (κ1) is 26.5. The number of nitrogens with zero attached hydrogens (tertiary/aromatic N) is 4. The van der Waals surface area contributed by atoms with Crippen molar-refractivity contribution >= 4 is 5.97 Å². The van der Waals surface area contributed by atoms with Crippen LogP contribution in [0, 0.1) is 0 Å². The number of aryl methyl sites for hydroxylation is 1. The lowest BCUT2D eigenvalue weighted by Gasteiger charge is -2.27. The molecule has 0 aliphatic heterocycles. The summed E-state index contributed by atoms with van der Waals surface area (Å²) < 4.78 is 13.5.